The third-order valence-corrected chi connectivity index (χ3v) is 5.83. The van der Waals surface area contributed by atoms with Crippen LogP contribution in [0.1, 0.15) is 32.8 Å². The van der Waals surface area contributed by atoms with E-state index in [2.05, 4.69) is 110 Å². The lowest BCUT2D eigenvalue weighted by atomic mass is 9.99. The Morgan fingerprint density at radius 1 is 0.771 bits per heavy atom. The largest absolute Gasteiger partial charge is 0.497 e. The molecule has 4 aromatic carbocycles. The number of hydrogen-bond donors (Lipinski definition) is 0. The minimum atomic E-state index is 0.610. The molecule has 35 heavy (non-hydrogen) atoms. The molecular weight excluding hydrogens is 426 g/mol. The molecule has 0 spiro atoms. The van der Waals surface area contributed by atoms with Gasteiger partial charge in [0.15, 0.2) is 0 Å². The van der Waals surface area contributed by atoms with Crippen LogP contribution in [-0.4, -0.2) is 7.11 Å². The Labute approximate surface area is 211 Å². The van der Waals surface area contributed by atoms with Gasteiger partial charge in [-0.1, -0.05) is 105 Å². The van der Waals surface area contributed by atoms with Crippen molar-refractivity contribution in [3.8, 4) is 5.75 Å². The summed E-state index contributed by atoms with van der Waals surface area (Å²) in [7, 11) is 1.67. The van der Waals surface area contributed by atoms with Crippen molar-refractivity contribution in [2.45, 2.75) is 34.1 Å². The minimum absolute atomic E-state index is 0.610. The van der Waals surface area contributed by atoms with Crippen LogP contribution in [0.3, 0.4) is 0 Å². The molecule has 1 atom stereocenters. The van der Waals surface area contributed by atoms with Gasteiger partial charge >= 0.3 is 0 Å². The lowest BCUT2D eigenvalue weighted by Gasteiger charge is -2.29. The van der Waals surface area contributed by atoms with Gasteiger partial charge in [0, 0.05) is 16.8 Å². The number of fused-ring (bicyclic) bond motifs is 1. The van der Waals surface area contributed by atoms with Crippen LogP contribution in [0.2, 0.25) is 0 Å². The van der Waals surface area contributed by atoms with E-state index in [1.54, 1.807) is 7.11 Å². The summed E-state index contributed by atoms with van der Waals surface area (Å²) in [6.45, 7) is 8.31. The number of allylic oxidation sites excluding steroid dienone is 3. The molecule has 0 heterocycles. The topological polar surface area (TPSA) is 12.5 Å². The Balaban J connectivity index is 0.000000262. The first-order chi connectivity index (χ1) is 17.2. The molecule has 4 aromatic rings. The monoisotopic (exact) mass is 463 g/mol. The van der Waals surface area contributed by atoms with Gasteiger partial charge in [0.1, 0.15) is 5.75 Å². The van der Waals surface area contributed by atoms with E-state index in [4.69, 9.17) is 4.74 Å². The highest BCUT2D eigenvalue weighted by Crippen LogP contribution is 2.37. The van der Waals surface area contributed by atoms with Gasteiger partial charge in [0.05, 0.1) is 12.8 Å². The standard InChI is InChI=1S/C23H21N.C8H10O.C2H6/c1-18-14-16-21(17-15-18)24(20-10-3-2-4-11-20)23-13-7-9-19-8-5-6-12-22(19)23;1-7-3-5-8(9-2)6-4-7;1-2/h2-14,16-18H,15H2,1H3;3-6H,1-2H3;1-2H3. The summed E-state index contributed by atoms with van der Waals surface area (Å²) < 4.78 is 4.97. The Kier molecular flexibility index (Phi) is 9.74. The van der Waals surface area contributed by atoms with E-state index in [0.29, 0.717) is 5.92 Å². The second-order valence-electron chi connectivity index (χ2n) is 8.39. The van der Waals surface area contributed by atoms with Gasteiger partial charge in [-0.2, -0.15) is 0 Å². The fourth-order valence-electron chi connectivity index (χ4n) is 3.96. The molecular formula is C33H37NO. The number of ether oxygens (including phenoxy) is 1. The maximum absolute atomic E-state index is 4.97. The van der Waals surface area contributed by atoms with Crippen molar-refractivity contribution >= 4 is 22.1 Å². The van der Waals surface area contributed by atoms with Gasteiger partial charge in [0.25, 0.3) is 0 Å². The highest BCUT2D eigenvalue weighted by Gasteiger charge is 2.17. The quantitative estimate of drug-likeness (QED) is 0.299. The van der Waals surface area contributed by atoms with Crippen LogP contribution < -0.4 is 9.64 Å². The zero-order valence-electron chi connectivity index (χ0n) is 21.6. The Hall–Kier alpha value is -3.78. The normalized spacial score (nSPS) is 14.1. The first kappa shape index (κ1) is 25.8. The van der Waals surface area contributed by atoms with E-state index in [1.165, 1.54) is 33.4 Å². The number of hydrogen-bond acceptors (Lipinski definition) is 2. The van der Waals surface area contributed by atoms with Gasteiger partial charge in [-0.15, -0.1) is 0 Å². The number of rotatable bonds is 4. The maximum Gasteiger partial charge on any atom is 0.118 e. The Bertz CT molecular complexity index is 1230. The molecule has 0 amide bonds. The van der Waals surface area contributed by atoms with E-state index < -0.39 is 0 Å². The molecule has 0 aliphatic heterocycles. The predicted octanol–water partition coefficient (Wildman–Crippen LogP) is 9.49. The van der Waals surface area contributed by atoms with Gasteiger partial charge in [-0.25, -0.2) is 0 Å². The number of benzene rings is 4. The number of methoxy groups -OCH3 is 1. The van der Waals surface area contributed by atoms with Crippen molar-refractivity contribution in [3.63, 3.8) is 0 Å². The smallest absolute Gasteiger partial charge is 0.118 e. The molecule has 180 valence electrons. The molecule has 0 radical (unpaired) electrons. The molecule has 1 aliphatic carbocycles. The molecule has 5 rings (SSSR count). The van der Waals surface area contributed by atoms with Crippen molar-refractivity contribution in [3.05, 3.63) is 127 Å². The zero-order valence-corrected chi connectivity index (χ0v) is 21.6. The third-order valence-electron chi connectivity index (χ3n) is 5.83. The van der Waals surface area contributed by atoms with E-state index in [1.807, 2.05) is 38.1 Å². The van der Waals surface area contributed by atoms with Crippen molar-refractivity contribution in [1.29, 1.82) is 0 Å². The number of nitrogens with zero attached hydrogens (tertiary/aromatic N) is 1. The Morgan fingerprint density at radius 2 is 1.43 bits per heavy atom. The molecule has 0 fully saturated rings. The molecule has 1 aliphatic rings. The summed E-state index contributed by atoms with van der Waals surface area (Å²) in [6, 6.07) is 33.7. The summed E-state index contributed by atoms with van der Waals surface area (Å²) in [5.74, 6) is 1.53. The van der Waals surface area contributed by atoms with Crippen molar-refractivity contribution < 1.29 is 4.74 Å². The fourth-order valence-corrected chi connectivity index (χ4v) is 3.96. The Morgan fingerprint density at radius 3 is 2.09 bits per heavy atom. The van der Waals surface area contributed by atoms with Crippen LogP contribution in [0.4, 0.5) is 11.4 Å². The van der Waals surface area contributed by atoms with Crippen LogP contribution >= 0.6 is 0 Å². The van der Waals surface area contributed by atoms with Crippen LogP contribution in [-0.2, 0) is 0 Å². The summed E-state index contributed by atoms with van der Waals surface area (Å²) in [6.07, 6.45) is 7.98. The number of aryl methyl sites for hydroxylation is 1. The average molecular weight is 464 g/mol. The summed E-state index contributed by atoms with van der Waals surface area (Å²) >= 11 is 0. The number of para-hydroxylation sites is 1. The molecule has 0 saturated carbocycles. The highest BCUT2D eigenvalue weighted by molar-refractivity contribution is 5.97. The van der Waals surface area contributed by atoms with Gasteiger partial charge in [-0.3, -0.25) is 0 Å². The summed E-state index contributed by atoms with van der Waals surface area (Å²) in [4.78, 5) is 2.37. The second kappa shape index (κ2) is 13.2. The fraction of sp³-hybridized carbons (Fsp3) is 0.212. The van der Waals surface area contributed by atoms with Crippen LogP contribution in [0.25, 0.3) is 10.8 Å². The van der Waals surface area contributed by atoms with Crippen molar-refractivity contribution in [2.75, 3.05) is 12.0 Å². The molecule has 0 N–H and O–H groups in total. The minimum Gasteiger partial charge on any atom is -0.497 e. The SMILES string of the molecule is CC.CC1C=CC(N(c2ccccc2)c2cccc3ccccc23)=CC1.COc1ccc(C)cc1. The second-order valence-corrected chi connectivity index (χ2v) is 8.39. The molecule has 2 nitrogen and oxygen atoms in total. The molecule has 2 heteroatoms. The third kappa shape index (κ3) is 6.86. The zero-order chi connectivity index (χ0) is 25.0. The van der Waals surface area contributed by atoms with Crippen molar-refractivity contribution in [1.82, 2.24) is 0 Å². The first-order valence-corrected chi connectivity index (χ1v) is 12.5. The molecule has 1 unspecified atom stereocenters. The van der Waals surface area contributed by atoms with Gasteiger partial charge in [0.2, 0.25) is 0 Å². The number of anilines is 2. The van der Waals surface area contributed by atoms with Crippen LogP contribution in [0.5, 0.6) is 5.75 Å². The average Bonchev–Trinajstić information content (AvgIpc) is 2.93. The van der Waals surface area contributed by atoms with Crippen LogP contribution in [0, 0.1) is 12.8 Å². The van der Waals surface area contributed by atoms with Gasteiger partial charge < -0.3 is 9.64 Å². The molecule has 0 aromatic heterocycles. The summed E-state index contributed by atoms with van der Waals surface area (Å²) in [5.41, 5.74) is 4.93. The van der Waals surface area contributed by atoms with E-state index in [9.17, 15) is 0 Å². The van der Waals surface area contributed by atoms with Gasteiger partial charge in [-0.05, 0) is 61.1 Å². The highest BCUT2D eigenvalue weighted by atomic mass is 16.5. The summed E-state index contributed by atoms with van der Waals surface area (Å²) in [5, 5.41) is 2.54. The first-order valence-electron chi connectivity index (χ1n) is 12.5. The van der Waals surface area contributed by atoms with Crippen molar-refractivity contribution in [2.24, 2.45) is 5.92 Å². The van der Waals surface area contributed by atoms with E-state index in [0.717, 1.165) is 12.2 Å². The van der Waals surface area contributed by atoms with E-state index in [-0.39, 0.29) is 0 Å². The lowest BCUT2D eigenvalue weighted by molar-refractivity contribution is 0.414. The lowest BCUT2D eigenvalue weighted by Crippen LogP contribution is -2.17. The molecule has 0 bridgehead atoms. The van der Waals surface area contributed by atoms with Crippen LogP contribution in [0.15, 0.2) is 121 Å². The predicted molar refractivity (Wildman–Crippen MR) is 153 cm³/mol. The molecule has 0 saturated heterocycles. The maximum atomic E-state index is 4.97. The van der Waals surface area contributed by atoms with E-state index >= 15 is 0 Å².